The Morgan fingerprint density at radius 1 is 1.62 bits per heavy atom. The number of anilines is 2. The molecule has 0 unspecified atom stereocenters. The van der Waals surface area contributed by atoms with Crippen molar-refractivity contribution in [1.29, 1.82) is 0 Å². The van der Waals surface area contributed by atoms with Crippen molar-refractivity contribution in [2.45, 2.75) is 6.92 Å². The summed E-state index contributed by atoms with van der Waals surface area (Å²) in [5.74, 6) is 1.46. The van der Waals surface area contributed by atoms with E-state index in [1.807, 2.05) is 18.2 Å². The van der Waals surface area contributed by atoms with E-state index in [0.717, 1.165) is 18.9 Å². The maximum Gasteiger partial charge on any atom is 0.131 e. The lowest BCUT2D eigenvalue weighted by molar-refractivity contribution is 0.884. The van der Waals surface area contributed by atoms with Gasteiger partial charge in [0.25, 0.3) is 0 Å². The number of nitrogens with zero attached hydrogens (tertiary/aromatic N) is 2. The quantitative estimate of drug-likeness (QED) is 0.711. The Bertz CT molecular complexity index is 283. The standard InChI is InChI=1S/C10H15N3/c1-3-8-13(4-2)10-7-5-6-9(11)12-10/h3,5-7H,1,4,8H2,2H3,(H2,11,12). The highest BCUT2D eigenvalue weighted by molar-refractivity contribution is 5.45. The van der Waals surface area contributed by atoms with Gasteiger partial charge in [0.1, 0.15) is 11.6 Å². The molecular weight excluding hydrogens is 162 g/mol. The van der Waals surface area contributed by atoms with Crippen LogP contribution in [-0.4, -0.2) is 18.1 Å². The van der Waals surface area contributed by atoms with Gasteiger partial charge in [0, 0.05) is 13.1 Å². The van der Waals surface area contributed by atoms with Crippen molar-refractivity contribution in [3.63, 3.8) is 0 Å². The summed E-state index contributed by atoms with van der Waals surface area (Å²) in [6.07, 6.45) is 1.86. The van der Waals surface area contributed by atoms with Crippen molar-refractivity contribution < 1.29 is 0 Å². The largest absolute Gasteiger partial charge is 0.384 e. The molecule has 0 saturated heterocycles. The molecule has 0 saturated carbocycles. The number of rotatable bonds is 4. The lowest BCUT2D eigenvalue weighted by atomic mass is 10.4. The fraction of sp³-hybridized carbons (Fsp3) is 0.300. The summed E-state index contributed by atoms with van der Waals surface area (Å²) < 4.78 is 0. The molecule has 0 aliphatic rings. The monoisotopic (exact) mass is 177 g/mol. The number of pyridine rings is 1. The molecule has 2 N–H and O–H groups in total. The maximum atomic E-state index is 5.58. The Balaban J connectivity index is 2.84. The third-order valence-electron chi connectivity index (χ3n) is 1.81. The molecule has 0 amide bonds. The Morgan fingerprint density at radius 2 is 2.38 bits per heavy atom. The minimum atomic E-state index is 0.556. The SMILES string of the molecule is C=CCN(CC)c1cccc(N)n1. The Hall–Kier alpha value is -1.51. The molecule has 0 fully saturated rings. The van der Waals surface area contributed by atoms with Crippen LogP contribution >= 0.6 is 0 Å². The van der Waals surface area contributed by atoms with Gasteiger partial charge in [0.2, 0.25) is 0 Å². The zero-order valence-electron chi connectivity index (χ0n) is 7.90. The van der Waals surface area contributed by atoms with E-state index in [4.69, 9.17) is 5.73 Å². The van der Waals surface area contributed by atoms with Crippen LogP contribution in [0, 0.1) is 0 Å². The average molecular weight is 177 g/mol. The molecular formula is C10H15N3. The number of hydrogen-bond donors (Lipinski definition) is 1. The van der Waals surface area contributed by atoms with E-state index in [-0.39, 0.29) is 0 Å². The molecule has 1 heterocycles. The summed E-state index contributed by atoms with van der Waals surface area (Å²) in [4.78, 5) is 6.32. The zero-order chi connectivity index (χ0) is 9.68. The van der Waals surface area contributed by atoms with E-state index in [2.05, 4.69) is 23.4 Å². The van der Waals surface area contributed by atoms with Crippen molar-refractivity contribution in [3.8, 4) is 0 Å². The Labute approximate surface area is 78.9 Å². The first kappa shape index (κ1) is 9.58. The smallest absolute Gasteiger partial charge is 0.131 e. The summed E-state index contributed by atoms with van der Waals surface area (Å²) in [7, 11) is 0. The van der Waals surface area contributed by atoms with Crippen LogP contribution in [0.4, 0.5) is 11.6 Å². The van der Waals surface area contributed by atoms with Gasteiger partial charge in [-0.25, -0.2) is 4.98 Å². The zero-order valence-corrected chi connectivity index (χ0v) is 7.90. The average Bonchev–Trinajstić information content (AvgIpc) is 2.14. The van der Waals surface area contributed by atoms with Gasteiger partial charge in [0.05, 0.1) is 0 Å². The van der Waals surface area contributed by atoms with Crippen LogP contribution in [0.5, 0.6) is 0 Å². The van der Waals surface area contributed by atoms with Crippen molar-refractivity contribution in [2.75, 3.05) is 23.7 Å². The fourth-order valence-electron chi connectivity index (χ4n) is 1.16. The van der Waals surface area contributed by atoms with Gasteiger partial charge in [-0.1, -0.05) is 12.1 Å². The molecule has 1 aromatic rings. The van der Waals surface area contributed by atoms with Crippen LogP contribution in [0.25, 0.3) is 0 Å². The van der Waals surface area contributed by atoms with Crippen molar-refractivity contribution in [3.05, 3.63) is 30.9 Å². The van der Waals surface area contributed by atoms with E-state index >= 15 is 0 Å². The van der Waals surface area contributed by atoms with Crippen LogP contribution in [-0.2, 0) is 0 Å². The molecule has 0 aliphatic carbocycles. The first-order valence-corrected chi connectivity index (χ1v) is 4.36. The molecule has 0 aliphatic heterocycles. The second-order valence-corrected chi connectivity index (χ2v) is 2.75. The minimum absolute atomic E-state index is 0.556. The van der Waals surface area contributed by atoms with Gasteiger partial charge >= 0.3 is 0 Å². The second-order valence-electron chi connectivity index (χ2n) is 2.75. The summed E-state index contributed by atoms with van der Waals surface area (Å²) >= 11 is 0. The van der Waals surface area contributed by atoms with Crippen LogP contribution < -0.4 is 10.6 Å². The van der Waals surface area contributed by atoms with E-state index in [1.54, 1.807) is 6.07 Å². The predicted octanol–water partition coefficient (Wildman–Crippen LogP) is 1.68. The van der Waals surface area contributed by atoms with E-state index < -0.39 is 0 Å². The number of aromatic nitrogens is 1. The molecule has 3 nitrogen and oxygen atoms in total. The third kappa shape index (κ3) is 2.47. The van der Waals surface area contributed by atoms with Gasteiger partial charge in [0.15, 0.2) is 0 Å². The van der Waals surface area contributed by atoms with Gasteiger partial charge in [-0.2, -0.15) is 0 Å². The molecule has 70 valence electrons. The normalized spacial score (nSPS) is 9.62. The summed E-state index contributed by atoms with van der Waals surface area (Å²) in [6, 6.07) is 5.64. The van der Waals surface area contributed by atoms with Crippen LogP contribution in [0.15, 0.2) is 30.9 Å². The number of likely N-dealkylation sites (N-methyl/N-ethyl adjacent to an activating group) is 1. The van der Waals surface area contributed by atoms with Crippen LogP contribution in [0.2, 0.25) is 0 Å². The third-order valence-corrected chi connectivity index (χ3v) is 1.81. The highest BCUT2D eigenvalue weighted by Gasteiger charge is 2.02. The summed E-state index contributed by atoms with van der Waals surface area (Å²) in [5.41, 5.74) is 5.58. The number of nitrogens with two attached hydrogens (primary N) is 1. The Morgan fingerprint density at radius 3 is 2.92 bits per heavy atom. The van der Waals surface area contributed by atoms with E-state index in [1.165, 1.54) is 0 Å². The lowest BCUT2D eigenvalue weighted by Gasteiger charge is -2.19. The van der Waals surface area contributed by atoms with E-state index in [0.29, 0.717) is 5.82 Å². The lowest BCUT2D eigenvalue weighted by Crippen LogP contribution is -2.23. The summed E-state index contributed by atoms with van der Waals surface area (Å²) in [5, 5.41) is 0. The molecule has 3 heteroatoms. The van der Waals surface area contributed by atoms with Crippen molar-refractivity contribution >= 4 is 11.6 Å². The molecule has 13 heavy (non-hydrogen) atoms. The van der Waals surface area contributed by atoms with Gasteiger partial charge in [-0.3, -0.25) is 0 Å². The summed E-state index contributed by atoms with van der Waals surface area (Å²) in [6.45, 7) is 7.48. The number of nitrogen functional groups attached to an aromatic ring is 1. The van der Waals surface area contributed by atoms with Gasteiger partial charge < -0.3 is 10.6 Å². The van der Waals surface area contributed by atoms with E-state index in [9.17, 15) is 0 Å². The fourth-order valence-corrected chi connectivity index (χ4v) is 1.16. The van der Waals surface area contributed by atoms with Gasteiger partial charge in [-0.05, 0) is 19.1 Å². The van der Waals surface area contributed by atoms with Crippen molar-refractivity contribution in [1.82, 2.24) is 4.98 Å². The van der Waals surface area contributed by atoms with Gasteiger partial charge in [-0.15, -0.1) is 6.58 Å². The predicted molar refractivity (Wildman–Crippen MR) is 56.7 cm³/mol. The molecule has 0 atom stereocenters. The Kier molecular flexibility index (Phi) is 3.31. The highest BCUT2D eigenvalue weighted by atomic mass is 15.2. The maximum absolute atomic E-state index is 5.58. The molecule has 1 rings (SSSR count). The molecule has 0 radical (unpaired) electrons. The molecule has 0 spiro atoms. The first-order valence-electron chi connectivity index (χ1n) is 4.36. The topological polar surface area (TPSA) is 42.1 Å². The van der Waals surface area contributed by atoms with Crippen molar-refractivity contribution in [2.24, 2.45) is 0 Å². The highest BCUT2D eigenvalue weighted by Crippen LogP contribution is 2.11. The molecule has 1 aromatic heterocycles. The van der Waals surface area contributed by atoms with Crippen LogP contribution in [0.3, 0.4) is 0 Å². The molecule has 0 bridgehead atoms. The van der Waals surface area contributed by atoms with Crippen LogP contribution in [0.1, 0.15) is 6.92 Å². The second kappa shape index (κ2) is 4.50. The minimum Gasteiger partial charge on any atom is -0.384 e. The number of hydrogen-bond acceptors (Lipinski definition) is 3. The molecule has 0 aromatic carbocycles. The first-order chi connectivity index (χ1) is 6.27.